The minimum absolute atomic E-state index is 0.113. The summed E-state index contributed by atoms with van der Waals surface area (Å²) < 4.78 is 44.2. The summed E-state index contributed by atoms with van der Waals surface area (Å²) >= 11 is 0. The number of nitrogens with zero attached hydrogens (tertiary/aromatic N) is 2. The molecule has 1 saturated heterocycles. The normalized spacial score (nSPS) is 18.8. The molecular weight excluding hydrogens is 283 g/mol. The lowest BCUT2D eigenvalue weighted by atomic mass is 9.88. The van der Waals surface area contributed by atoms with Gasteiger partial charge in [-0.3, -0.25) is 0 Å². The van der Waals surface area contributed by atoms with Crippen LogP contribution in [0.1, 0.15) is 18.4 Å². The van der Waals surface area contributed by atoms with Crippen molar-refractivity contribution in [2.45, 2.75) is 24.6 Å². The molecule has 1 aromatic rings. The van der Waals surface area contributed by atoms with Crippen LogP contribution in [-0.2, 0) is 10.9 Å². The molecule has 1 aliphatic rings. The van der Waals surface area contributed by atoms with Gasteiger partial charge in [-0.2, -0.15) is 13.2 Å². The molecule has 1 aromatic heterocycles. The molecule has 7 heteroatoms. The lowest BCUT2D eigenvalue weighted by Crippen LogP contribution is -2.53. The number of aromatic nitrogens is 1. The van der Waals surface area contributed by atoms with E-state index in [4.69, 9.17) is 4.74 Å². The first-order valence-electron chi connectivity index (χ1n) is 6.86. The van der Waals surface area contributed by atoms with E-state index >= 15 is 0 Å². The van der Waals surface area contributed by atoms with Gasteiger partial charge in [0.05, 0.1) is 5.56 Å². The van der Waals surface area contributed by atoms with E-state index in [9.17, 15) is 13.2 Å². The standard InChI is InChI=1S/C14H20F3N3O/c1-20(2)13(5-8-21-9-6-13)10-19-12-11(14(15,16)17)4-3-7-18-12/h3-4,7H,5-6,8-10H2,1-2H3,(H,18,19). The van der Waals surface area contributed by atoms with E-state index in [1.54, 1.807) is 0 Å². The highest BCUT2D eigenvalue weighted by Crippen LogP contribution is 2.34. The number of halogens is 3. The van der Waals surface area contributed by atoms with Crippen LogP contribution in [-0.4, -0.2) is 49.3 Å². The Hall–Kier alpha value is -1.34. The minimum Gasteiger partial charge on any atom is -0.381 e. The smallest absolute Gasteiger partial charge is 0.381 e. The van der Waals surface area contributed by atoms with E-state index in [0.717, 1.165) is 18.9 Å². The first-order valence-corrected chi connectivity index (χ1v) is 6.86. The molecular formula is C14H20F3N3O. The van der Waals surface area contributed by atoms with E-state index in [1.165, 1.54) is 12.3 Å². The van der Waals surface area contributed by atoms with Gasteiger partial charge >= 0.3 is 6.18 Å². The molecule has 0 saturated carbocycles. The SMILES string of the molecule is CN(C)C1(CNc2ncccc2C(F)(F)F)CCOCC1. The van der Waals surface area contributed by atoms with Crippen molar-refractivity contribution in [1.82, 2.24) is 9.88 Å². The second-order valence-corrected chi connectivity index (χ2v) is 5.48. The second-order valence-electron chi connectivity index (χ2n) is 5.48. The van der Waals surface area contributed by atoms with Crippen molar-refractivity contribution in [3.63, 3.8) is 0 Å². The third kappa shape index (κ3) is 3.65. The molecule has 118 valence electrons. The minimum atomic E-state index is -4.41. The Bertz CT molecular complexity index is 471. The average Bonchev–Trinajstić information content (AvgIpc) is 2.45. The van der Waals surface area contributed by atoms with Gasteiger partial charge in [0.1, 0.15) is 5.82 Å². The molecule has 1 aliphatic heterocycles. The Morgan fingerprint density at radius 3 is 2.57 bits per heavy atom. The Kier molecular flexibility index (Phi) is 4.73. The predicted molar refractivity (Wildman–Crippen MR) is 74.2 cm³/mol. The number of anilines is 1. The van der Waals surface area contributed by atoms with Crippen LogP contribution in [0, 0.1) is 0 Å². The maximum Gasteiger partial charge on any atom is 0.419 e. The molecule has 2 heterocycles. The summed E-state index contributed by atoms with van der Waals surface area (Å²) in [6.07, 6.45) is -1.48. The highest BCUT2D eigenvalue weighted by Gasteiger charge is 2.37. The molecule has 0 amide bonds. The fraction of sp³-hybridized carbons (Fsp3) is 0.643. The van der Waals surface area contributed by atoms with Crippen LogP contribution in [0.15, 0.2) is 18.3 Å². The largest absolute Gasteiger partial charge is 0.419 e. The zero-order chi connectivity index (χ0) is 15.5. The molecule has 4 nitrogen and oxygen atoms in total. The van der Waals surface area contributed by atoms with Crippen LogP contribution in [0.3, 0.4) is 0 Å². The van der Waals surface area contributed by atoms with Crippen LogP contribution >= 0.6 is 0 Å². The van der Waals surface area contributed by atoms with Crippen LogP contribution in [0.4, 0.5) is 19.0 Å². The van der Waals surface area contributed by atoms with Gasteiger partial charge in [-0.25, -0.2) is 4.98 Å². The number of pyridine rings is 1. The Morgan fingerprint density at radius 1 is 1.33 bits per heavy atom. The quantitative estimate of drug-likeness (QED) is 0.928. The zero-order valence-corrected chi connectivity index (χ0v) is 12.2. The number of nitrogens with one attached hydrogen (secondary N) is 1. The van der Waals surface area contributed by atoms with Crippen molar-refractivity contribution in [3.05, 3.63) is 23.9 Å². The van der Waals surface area contributed by atoms with E-state index in [0.29, 0.717) is 19.8 Å². The summed E-state index contributed by atoms with van der Waals surface area (Å²) in [5, 5.41) is 2.88. The highest BCUT2D eigenvalue weighted by molar-refractivity contribution is 5.45. The van der Waals surface area contributed by atoms with Crippen LogP contribution < -0.4 is 5.32 Å². The molecule has 1 fully saturated rings. The third-order valence-electron chi connectivity index (χ3n) is 4.07. The number of rotatable bonds is 4. The first-order chi connectivity index (χ1) is 9.85. The van der Waals surface area contributed by atoms with Crippen molar-refractivity contribution in [2.75, 3.05) is 39.2 Å². The fourth-order valence-corrected chi connectivity index (χ4v) is 2.56. The number of hydrogen-bond acceptors (Lipinski definition) is 4. The fourth-order valence-electron chi connectivity index (χ4n) is 2.56. The number of hydrogen-bond donors (Lipinski definition) is 1. The highest BCUT2D eigenvalue weighted by atomic mass is 19.4. The lowest BCUT2D eigenvalue weighted by molar-refractivity contribution is -0.137. The number of likely N-dealkylation sites (N-methyl/N-ethyl adjacent to an activating group) is 1. The van der Waals surface area contributed by atoms with Gasteiger partial charge < -0.3 is 15.0 Å². The Morgan fingerprint density at radius 2 is 2.00 bits per heavy atom. The van der Waals surface area contributed by atoms with Gasteiger partial charge in [0, 0.05) is 31.5 Å². The van der Waals surface area contributed by atoms with Crippen molar-refractivity contribution in [3.8, 4) is 0 Å². The molecule has 0 unspecified atom stereocenters. The summed E-state index contributed by atoms with van der Waals surface area (Å²) in [6, 6.07) is 2.34. The summed E-state index contributed by atoms with van der Waals surface area (Å²) in [7, 11) is 3.88. The first kappa shape index (κ1) is 16.0. The van der Waals surface area contributed by atoms with Gasteiger partial charge in [0.2, 0.25) is 0 Å². The molecule has 0 aliphatic carbocycles. The topological polar surface area (TPSA) is 37.4 Å². The Labute approximate surface area is 122 Å². The number of alkyl halides is 3. The maximum absolute atomic E-state index is 13.0. The maximum atomic E-state index is 13.0. The van der Waals surface area contributed by atoms with E-state index in [2.05, 4.69) is 15.2 Å². The van der Waals surface area contributed by atoms with Gasteiger partial charge in [0.25, 0.3) is 0 Å². The van der Waals surface area contributed by atoms with Gasteiger partial charge in [-0.05, 0) is 39.1 Å². The van der Waals surface area contributed by atoms with Crippen molar-refractivity contribution in [2.24, 2.45) is 0 Å². The van der Waals surface area contributed by atoms with Gasteiger partial charge in [0.15, 0.2) is 0 Å². The predicted octanol–water partition coefficient (Wildman–Crippen LogP) is 2.62. The molecule has 0 spiro atoms. The third-order valence-corrected chi connectivity index (χ3v) is 4.07. The summed E-state index contributed by atoms with van der Waals surface area (Å²) in [5.41, 5.74) is -0.940. The molecule has 0 bridgehead atoms. The van der Waals surface area contributed by atoms with Crippen molar-refractivity contribution < 1.29 is 17.9 Å². The van der Waals surface area contributed by atoms with Crippen LogP contribution in [0.25, 0.3) is 0 Å². The van der Waals surface area contributed by atoms with E-state index in [-0.39, 0.29) is 11.4 Å². The van der Waals surface area contributed by atoms with E-state index < -0.39 is 11.7 Å². The molecule has 0 radical (unpaired) electrons. The van der Waals surface area contributed by atoms with Gasteiger partial charge in [-0.1, -0.05) is 0 Å². The second kappa shape index (κ2) is 6.19. The van der Waals surface area contributed by atoms with E-state index in [1.807, 2.05) is 14.1 Å². The Balaban J connectivity index is 2.15. The molecule has 0 atom stereocenters. The van der Waals surface area contributed by atoms with Crippen LogP contribution in [0.2, 0.25) is 0 Å². The molecule has 1 N–H and O–H groups in total. The lowest BCUT2D eigenvalue weighted by Gasteiger charge is -2.43. The zero-order valence-electron chi connectivity index (χ0n) is 12.2. The summed E-state index contributed by atoms with van der Waals surface area (Å²) in [6.45, 7) is 1.64. The molecule has 0 aromatic carbocycles. The average molecular weight is 303 g/mol. The van der Waals surface area contributed by atoms with Crippen LogP contribution in [0.5, 0.6) is 0 Å². The van der Waals surface area contributed by atoms with Crippen molar-refractivity contribution in [1.29, 1.82) is 0 Å². The monoisotopic (exact) mass is 303 g/mol. The van der Waals surface area contributed by atoms with Gasteiger partial charge in [-0.15, -0.1) is 0 Å². The van der Waals surface area contributed by atoms with Crippen molar-refractivity contribution >= 4 is 5.82 Å². The summed E-state index contributed by atoms with van der Waals surface area (Å²) in [5.74, 6) is -0.113. The summed E-state index contributed by atoms with van der Waals surface area (Å²) in [4.78, 5) is 5.89. The molecule has 2 rings (SSSR count). The number of ether oxygens (including phenoxy) is 1. The molecule has 21 heavy (non-hydrogen) atoms.